The van der Waals surface area contributed by atoms with Crippen LogP contribution in [0.25, 0.3) is 0 Å². The van der Waals surface area contributed by atoms with Gasteiger partial charge in [-0.25, -0.2) is 0 Å². The van der Waals surface area contributed by atoms with Crippen molar-refractivity contribution in [1.82, 2.24) is 4.90 Å². The lowest BCUT2D eigenvalue weighted by atomic mass is 10.2. The van der Waals surface area contributed by atoms with Crippen LogP contribution in [0.1, 0.15) is 34.6 Å². The van der Waals surface area contributed by atoms with E-state index in [1.54, 1.807) is 0 Å². The highest BCUT2D eigenvalue weighted by Crippen LogP contribution is 2.21. The molecule has 102 valence electrons. The van der Waals surface area contributed by atoms with Gasteiger partial charge in [-0.15, -0.1) is 0 Å². The fourth-order valence-electron chi connectivity index (χ4n) is 1.53. The fraction of sp³-hybridized carbons (Fsp3) is 0.600. The Morgan fingerprint density at radius 1 is 0.944 bits per heavy atom. The summed E-state index contributed by atoms with van der Waals surface area (Å²) in [7, 11) is 0. The van der Waals surface area contributed by atoms with Crippen LogP contribution in [0.2, 0.25) is 0 Å². The van der Waals surface area contributed by atoms with Gasteiger partial charge in [0.15, 0.2) is 0 Å². The van der Waals surface area contributed by atoms with Crippen LogP contribution in [0.4, 0.5) is 0 Å². The molecule has 0 N–H and O–H groups in total. The quantitative estimate of drug-likeness (QED) is 0.722. The Hall–Kier alpha value is -1.22. The van der Waals surface area contributed by atoms with Gasteiger partial charge in [-0.3, -0.25) is 4.90 Å². The lowest BCUT2D eigenvalue weighted by Crippen LogP contribution is -2.27. The Morgan fingerprint density at radius 3 is 1.89 bits per heavy atom. The first-order chi connectivity index (χ1) is 8.44. The molecule has 0 saturated heterocycles. The van der Waals surface area contributed by atoms with Crippen molar-refractivity contribution in [2.24, 2.45) is 0 Å². The number of benzene rings is 1. The van der Waals surface area contributed by atoms with E-state index in [4.69, 9.17) is 9.47 Å². The van der Waals surface area contributed by atoms with Gasteiger partial charge in [0.25, 0.3) is 0 Å². The van der Waals surface area contributed by atoms with E-state index in [1.165, 1.54) is 0 Å². The van der Waals surface area contributed by atoms with Gasteiger partial charge in [0.1, 0.15) is 23.8 Å². The molecule has 0 aliphatic carbocycles. The van der Waals surface area contributed by atoms with Gasteiger partial charge in [-0.1, -0.05) is 13.8 Å². The summed E-state index contributed by atoms with van der Waals surface area (Å²) in [6, 6.07) is 7.79. The highest BCUT2D eigenvalue weighted by atomic mass is 16.5. The van der Waals surface area contributed by atoms with Crippen LogP contribution < -0.4 is 9.47 Å². The molecule has 0 aromatic heterocycles. The molecule has 0 aliphatic rings. The van der Waals surface area contributed by atoms with Crippen molar-refractivity contribution in [3.05, 3.63) is 24.3 Å². The van der Waals surface area contributed by atoms with Crippen LogP contribution in [0.3, 0.4) is 0 Å². The van der Waals surface area contributed by atoms with E-state index < -0.39 is 0 Å². The third-order valence-electron chi connectivity index (χ3n) is 2.56. The summed E-state index contributed by atoms with van der Waals surface area (Å²) in [5.41, 5.74) is -0.163. The van der Waals surface area contributed by atoms with Crippen molar-refractivity contribution in [1.29, 1.82) is 0 Å². The molecular weight excluding hydrogens is 226 g/mol. The van der Waals surface area contributed by atoms with Crippen molar-refractivity contribution in [3.8, 4) is 11.5 Å². The number of rotatable bonds is 6. The van der Waals surface area contributed by atoms with E-state index in [1.807, 2.05) is 45.0 Å². The monoisotopic (exact) mass is 251 g/mol. The van der Waals surface area contributed by atoms with Gasteiger partial charge in [0.2, 0.25) is 0 Å². The average molecular weight is 251 g/mol. The molecule has 0 bridgehead atoms. The number of hydrogen-bond acceptors (Lipinski definition) is 3. The minimum absolute atomic E-state index is 0.163. The van der Waals surface area contributed by atoms with Crippen molar-refractivity contribution in [2.75, 3.05) is 19.8 Å². The van der Waals surface area contributed by atoms with E-state index >= 15 is 0 Å². The van der Waals surface area contributed by atoms with Crippen molar-refractivity contribution in [2.45, 2.75) is 40.2 Å². The van der Waals surface area contributed by atoms with E-state index in [-0.39, 0.29) is 5.60 Å². The normalized spacial score (nSPS) is 11.7. The molecule has 0 saturated carbocycles. The Labute approximate surface area is 111 Å². The second-order valence-corrected chi connectivity index (χ2v) is 5.26. The molecule has 0 atom stereocenters. The third-order valence-corrected chi connectivity index (χ3v) is 2.56. The minimum Gasteiger partial charge on any atom is -0.488 e. The summed E-state index contributed by atoms with van der Waals surface area (Å²) in [4.78, 5) is 2.22. The van der Waals surface area contributed by atoms with Crippen LogP contribution in [0, 0.1) is 0 Å². The Balaban J connectivity index is 2.50. The molecule has 0 radical (unpaired) electrons. The predicted octanol–water partition coefficient (Wildman–Crippen LogP) is 3.54. The van der Waals surface area contributed by atoms with Gasteiger partial charge in [-0.05, 0) is 58.1 Å². The predicted molar refractivity (Wildman–Crippen MR) is 75.2 cm³/mol. The van der Waals surface area contributed by atoms with Crippen molar-refractivity contribution < 1.29 is 9.47 Å². The highest BCUT2D eigenvalue weighted by Gasteiger charge is 2.11. The zero-order valence-corrected chi connectivity index (χ0v) is 12.2. The number of ether oxygens (including phenoxy) is 2. The first kappa shape index (κ1) is 14.8. The summed E-state index contributed by atoms with van der Waals surface area (Å²) < 4.78 is 11.5. The Bertz CT molecular complexity index is 337. The van der Waals surface area contributed by atoms with Gasteiger partial charge >= 0.3 is 0 Å². The van der Waals surface area contributed by atoms with Crippen LogP contribution in [0.5, 0.6) is 11.5 Å². The first-order valence-electron chi connectivity index (χ1n) is 6.59. The van der Waals surface area contributed by atoms with Crippen LogP contribution in [0.15, 0.2) is 24.3 Å². The Kier molecular flexibility index (Phi) is 5.48. The zero-order chi connectivity index (χ0) is 13.6. The number of nitrogens with zero attached hydrogens (tertiary/aromatic N) is 1. The number of hydrogen-bond donors (Lipinski definition) is 0. The highest BCUT2D eigenvalue weighted by molar-refractivity contribution is 5.31. The standard InChI is InChI=1S/C15H25NO2/c1-6-16(7-2)12-17-13-8-10-14(11-9-13)18-15(3,4)5/h8-11H,6-7,12H2,1-5H3. The maximum Gasteiger partial charge on any atom is 0.142 e. The molecule has 0 unspecified atom stereocenters. The molecule has 0 amide bonds. The van der Waals surface area contributed by atoms with Crippen molar-refractivity contribution in [3.63, 3.8) is 0 Å². The molecule has 3 nitrogen and oxygen atoms in total. The zero-order valence-electron chi connectivity index (χ0n) is 12.2. The molecule has 3 heteroatoms. The molecule has 1 rings (SSSR count). The molecule has 0 aliphatic heterocycles. The molecular formula is C15H25NO2. The molecule has 0 spiro atoms. The second-order valence-electron chi connectivity index (χ2n) is 5.26. The van der Waals surface area contributed by atoms with Gasteiger partial charge in [0, 0.05) is 0 Å². The topological polar surface area (TPSA) is 21.7 Å². The van der Waals surface area contributed by atoms with E-state index in [9.17, 15) is 0 Å². The first-order valence-corrected chi connectivity index (χ1v) is 6.59. The van der Waals surface area contributed by atoms with Crippen LogP contribution >= 0.6 is 0 Å². The molecule has 18 heavy (non-hydrogen) atoms. The van der Waals surface area contributed by atoms with Gasteiger partial charge < -0.3 is 9.47 Å². The maximum absolute atomic E-state index is 5.76. The lowest BCUT2D eigenvalue weighted by molar-refractivity contribution is 0.128. The summed E-state index contributed by atoms with van der Waals surface area (Å²) in [5.74, 6) is 1.75. The Morgan fingerprint density at radius 2 is 1.44 bits per heavy atom. The largest absolute Gasteiger partial charge is 0.488 e. The molecule has 1 aromatic carbocycles. The fourth-order valence-corrected chi connectivity index (χ4v) is 1.53. The summed E-state index contributed by atoms with van der Waals surface area (Å²) >= 11 is 0. The summed E-state index contributed by atoms with van der Waals surface area (Å²) in [6.45, 7) is 13.0. The summed E-state index contributed by atoms with van der Waals surface area (Å²) in [5, 5.41) is 0. The van der Waals surface area contributed by atoms with Crippen LogP contribution in [-0.2, 0) is 0 Å². The lowest BCUT2D eigenvalue weighted by Gasteiger charge is -2.22. The molecule has 0 fully saturated rings. The minimum atomic E-state index is -0.163. The average Bonchev–Trinajstić information content (AvgIpc) is 2.30. The SMILES string of the molecule is CCN(CC)COc1ccc(OC(C)(C)C)cc1. The molecule has 1 aromatic rings. The van der Waals surface area contributed by atoms with E-state index in [2.05, 4.69) is 18.7 Å². The van der Waals surface area contributed by atoms with Gasteiger partial charge in [-0.2, -0.15) is 0 Å². The maximum atomic E-state index is 5.76. The van der Waals surface area contributed by atoms with Crippen LogP contribution in [-0.4, -0.2) is 30.3 Å². The van der Waals surface area contributed by atoms with E-state index in [0.29, 0.717) is 6.73 Å². The summed E-state index contributed by atoms with van der Waals surface area (Å²) in [6.07, 6.45) is 0. The third kappa shape index (κ3) is 5.41. The molecule has 0 heterocycles. The second kappa shape index (κ2) is 6.64. The van der Waals surface area contributed by atoms with Gasteiger partial charge in [0.05, 0.1) is 0 Å². The van der Waals surface area contributed by atoms with Crippen molar-refractivity contribution >= 4 is 0 Å². The van der Waals surface area contributed by atoms with E-state index in [0.717, 1.165) is 24.6 Å². The smallest absolute Gasteiger partial charge is 0.142 e.